The van der Waals surface area contributed by atoms with E-state index in [1.165, 1.54) is 50.6 Å². The number of nitrogens with one attached hydrogen (secondary N) is 1. The number of piperazine rings is 1. The molecule has 0 amide bonds. The maximum absolute atomic E-state index is 3.73. The van der Waals surface area contributed by atoms with Gasteiger partial charge in [0.1, 0.15) is 0 Å². The van der Waals surface area contributed by atoms with Crippen LogP contribution in [0.15, 0.2) is 30.3 Å². The molecule has 1 aromatic rings. The third-order valence-corrected chi connectivity index (χ3v) is 5.11. The Balaban J connectivity index is 1.69. The lowest BCUT2D eigenvalue weighted by Gasteiger charge is -2.43. The van der Waals surface area contributed by atoms with E-state index in [1.807, 2.05) is 0 Å². The Hall–Kier alpha value is -0.860. The lowest BCUT2D eigenvalue weighted by molar-refractivity contribution is 0.0819. The first-order valence-electron chi connectivity index (χ1n) is 8.38. The quantitative estimate of drug-likeness (QED) is 0.825. The smallest absolute Gasteiger partial charge is 0.0450 e. The fourth-order valence-electron chi connectivity index (χ4n) is 3.89. The second kappa shape index (κ2) is 6.73. The summed E-state index contributed by atoms with van der Waals surface area (Å²) in [7, 11) is 0. The third-order valence-electron chi connectivity index (χ3n) is 5.11. The molecule has 2 aliphatic rings. The second-order valence-corrected chi connectivity index (χ2v) is 6.56. The minimum atomic E-state index is 0.510. The van der Waals surface area contributed by atoms with Crippen LogP contribution in [0.5, 0.6) is 0 Å². The molecule has 1 saturated heterocycles. The van der Waals surface area contributed by atoms with E-state index >= 15 is 0 Å². The molecule has 0 radical (unpaired) electrons. The molecule has 2 heteroatoms. The maximum atomic E-state index is 3.73. The summed E-state index contributed by atoms with van der Waals surface area (Å²) in [5, 5.41) is 3.73. The Morgan fingerprint density at radius 2 is 1.70 bits per heavy atom. The van der Waals surface area contributed by atoms with Gasteiger partial charge in [0.15, 0.2) is 0 Å². The SMILES string of the molecule is CC1CNC(c2ccccc2)CN1C1CCCCCC1. The number of nitrogens with zero attached hydrogens (tertiary/aromatic N) is 1. The summed E-state index contributed by atoms with van der Waals surface area (Å²) < 4.78 is 0. The molecule has 1 aromatic carbocycles. The van der Waals surface area contributed by atoms with Crippen molar-refractivity contribution in [1.29, 1.82) is 0 Å². The largest absolute Gasteiger partial charge is 0.307 e. The van der Waals surface area contributed by atoms with Crippen molar-refractivity contribution in [3.05, 3.63) is 35.9 Å². The zero-order chi connectivity index (χ0) is 13.8. The molecule has 3 rings (SSSR count). The molecule has 0 aromatic heterocycles. The van der Waals surface area contributed by atoms with Crippen LogP contribution >= 0.6 is 0 Å². The van der Waals surface area contributed by atoms with Crippen molar-refractivity contribution >= 4 is 0 Å². The highest BCUT2D eigenvalue weighted by molar-refractivity contribution is 5.20. The summed E-state index contributed by atoms with van der Waals surface area (Å²) in [5.41, 5.74) is 1.44. The lowest BCUT2D eigenvalue weighted by atomic mass is 9.98. The molecule has 1 aliphatic heterocycles. The summed E-state index contributed by atoms with van der Waals surface area (Å²) in [4.78, 5) is 2.79. The van der Waals surface area contributed by atoms with Gasteiger partial charge in [-0.2, -0.15) is 0 Å². The predicted octanol–water partition coefficient (Wildman–Crippen LogP) is 3.74. The van der Waals surface area contributed by atoms with Crippen molar-refractivity contribution in [3.8, 4) is 0 Å². The highest BCUT2D eigenvalue weighted by Gasteiger charge is 2.31. The van der Waals surface area contributed by atoms with Crippen LogP contribution in [0.1, 0.15) is 57.1 Å². The van der Waals surface area contributed by atoms with Gasteiger partial charge in [0.2, 0.25) is 0 Å². The average molecular weight is 272 g/mol. The fraction of sp³-hybridized carbons (Fsp3) is 0.667. The first-order chi connectivity index (χ1) is 9.84. The van der Waals surface area contributed by atoms with Crippen LogP contribution in [0, 0.1) is 0 Å². The van der Waals surface area contributed by atoms with E-state index in [2.05, 4.69) is 47.5 Å². The molecule has 2 fully saturated rings. The fourth-order valence-corrected chi connectivity index (χ4v) is 3.89. The standard InChI is InChI=1S/C18H28N2/c1-15-13-19-18(16-9-5-4-6-10-16)14-20(15)17-11-7-2-3-8-12-17/h4-6,9-10,15,17-19H,2-3,7-8,11-14H2,1H3. The van der Waals surface area contributed by atoms with Gasteiger partial charge in [0.25, 0.3) is 0 Å². The van der Waals surface area contributed by atoms with Crippen molar-refractivity contribution in [1.82, 2.24) is 10.2 Å². The van der Waals surface area contributed by atoms with E-state index in [0.29, 0.717) is 12.1 Å². The Morgan fingerprint density at radius 1 is 1.00 bits per heavy atom. The Kier molecular flexibility index (Phi) is 4.74. The molecule has 1 saturated carbocycles. The Morgan fingerprint density at radius 3 is 2.40 bits per heavy atom. The second-order valence-electron chi connectivity index (χ2n) is 6.56. The Bertz CT molecular complexity index is 395. The van der Waals surface area contributed by atoms with Crippen LogP contribution < -0.4 is 5.32 Å². The molecule has 1 aliphatic carbocycles. The molecule has 0 bridgehead atoms. The van der Waals surface area contributed by atoms with Crippen molar-refractivity contribution in [2.24, 2.45) is 0 Å². The topological polar surface area (TPSA) is 15.3 Å². The van der Waals surface area contributed by atoms with Crippen molar-refractivity contribution < 1.29 is 0 Å². The summed E-state index contributed by atoms with van der Waals surface area (Å²) in [5.74, 6) is 0. The third kappa shape index (κ3) is 3.24. The van der Waals surface area contributed by atoms with Gasteiger partial charge >= 0.3 is 0 Å². The number of hydrogen-bond donors (Lipinski definition) is 1. The van der Waals surface area contributed by atoms with Crippen LogP contribution in [0.4, 0.5) is 0 Å². The molecular weight excluding hydrogens is 244 g/mol. The molecular formula is C18H28N2. The molecule has 2 nitrogen and oxygen atoms in total. The van der Waals surface area contributed by atoms with E-state index in [1.54, 1.807) is 0 Å². The minimum absolute atomic E-state index is 0.510. The first kappa shape index (κ1) is 14.1. The van der Waals surface area contributed by atoms with E-state index in [0.717, 1.165) is 12.6 Å². The van der Waals surface area contributed by atoms with Crippen molar-refractivity contribution in [2.45, 2.75) is 63.6 Å². The van der Waals surface area contributed by atoms with Gasteiger partial charge < -0.3 is 5.32 Å². The summed E-state index contributed by atoms with van der Waals surface area (Å²) in [6.45, 7) is 4.69. The van der Waals surface area contributed by atoms with Gasteiger partial charge in [-0.15, -0.1) is 0 Å². The highest BCUT2D eigenvalue weighted by Crippen LogP contribution is 2.28. The van der Waals surface area contributed by atoms with Gasteiger partial charge in [0.05, 0.1) is 0 Å². The van der Waals surface area contributed by atoms with Gasteiger partial charge in [-0.25, -0.2) is 0 Å². The van der Waals surface area contributed by atoms with E-state index in [4.69, 9.17) is 0 Å². The van der Waals surface area contributed by atoms with Crippen LogP contribution in [-0.4, -0.2) is 30.1 Å². The van der Waals surface area contributed by atoms with Crippen LogP contribution in [-0.2, 0) is 0 Å². The van der Waals surface area contributed by atoms with E-state index < -0.39 is 0 Å². The lowest BCUT2D eigenvalue weighted by Crippen LogP contribution is -2.55. The van der Waals surface area contributed by atoms with E-state index in [9.17, 15) is 0 Å². The zero-order valence-corrected chi connectivity index (χ0v) is 12.7. The highest BCUT2D eigenvalue weighted by atomic mass is 15.2. The normalized spacial score (nSPS) is 30.1. The molecule has 0 spiro atoms. The van der Waals surface area contributed by atoms with Crippen LogP contribution in [0.25, 0.3) is 0 Å². The van der Waals surface area contributed by atoms with Gasteiger partial charge in [0, 0.05) is 31.2 Å². The zero-order valence-electron chi connectivity index (χ0n) is 12.7. The average Bonchev–Trinajstić information content (AvgIpc) is 2.78. The molecule has 1 N–H and O–H groups in total. The van der Waals surface area contributed by atoms with Gasteiger partial charge in [-0.1, -0.05) is 56.0 Å². The molecule has 2 unspecified atom stereocenters. The summed E-state index contributed by atoms with van der Waals surface area (Å²) >= 11 is 0. The molecule has 20 heavy (non-hydrogen) atoms. The minimum Gasteiger partial charge on any atom is -0.307 e. The summed E-state index contributed by atoms with van der Waals surface area (Å²) in [6, 6.07) is 13.0. The molecule has 2 atom stereocenters. The van der Waals surface area contributed by atoms with Crippen LogP contribution in [0.3, 0.4) is 0 Å². The maximum Gasteiger partial charge on any atom is 0.0450 e. The monoisotopic (exact) mass is 272 g/mol. The van der Waals surface area contributed by atoms with Crippen molar-refractivity contribution in [2.75, 3.05) is 13.1 Å². The number of hydrogen-bond acceptors (Lipinski definition) is 2. The summed E-state index contributed by atoms with van der Waals surface area (Å²) in [6.07, 6.45) is 8.56. The van der Waals surface area contributed by atoms with Crippen molar-refractivity contribution in [3.63, 3.8) is 0 Å². The van der Waals surface area contributed by atoms with Crippen LogP contribution in [0.2, 0.25) is 0 Å². The first-order valence-corrected chi connectivity index (χ1v) is 8.38. The molecule has 110 valence electrons. The molecule has 1 heterocycles. The Labute approximate surface area is 123 Å². The van der Waals surface area contributed by atoms with E-state index in [-0.39, 0.29) is 0 Å². The number of rotatable bonds is 2. The predicted molar refractivity (Wildman–Crippen MR) is 84.8 cm³/mol. The van der Waals surface area contributed by atoms with Gasteiger partial charge in [-0.05, 0) is 25.3 Å². The number of benzene rings is 1. The van der Waals surface area contributed by atoms with Gasteiger partial charge in [-0.3, -0.25) is 4.90 Å².